The third-order valence-electron chi connectivity index (χ3n) is 4.43. The van der Waals surface area contributed by atoms with E-state index in [1.54, 1.807) is 12.3 Å². The van der Waals surface area contributed by atoms with E-state index in [0.29, 0.717) is 17.1 Å². The number of nitrogens with one attached hydrogen (secondary N) is 1. The summed E-state index contributed by atoms with van der Waals surface area (Å²) >= 11 is 1.49. The molecule has 5 heteroatoms. The fraction of sp³-hybridized carbons (Fsp3) is 0.0435. The maximum Gasteiger partial charge on any atom is 0.203 e. The molecule has 0 amide bonds. The van der Waals surface area contributed by atoms with Crippen LogP contribution in [0, 0.1) is 0 Å². The van der Waals surface area contributed by atoms with Crippen LogP contribution >= 0.6 is 11.3 Å². The number of rotatable bonds is 6. The van der Waals surface area contributed by atoms with Crippen molar-refractivity contribution in [2.75, 3.05) is 5.43 Å². The van der Waals surface area contributed by atoms with Gasteiger partial charge in [-0.05, 0) is 34.9 Å². The Labute approximate surface area is 167 Å². The number of hydrogen-bond acceptors (Lipinski definition) is 5. The number of aromatic hydroxyl groups is 1. The summed E-state index contributed by atoms with van der Waals surface area (Å²) in [5.41, 5.74) is 6.40. The monoisotopic (exact) mass is 385 g/mol. The number of hydrogen-bond donors (Lipinski definition) is 2. The lowest BCUT2D eigenvalue weighted by Gasteiger charge is -2.04. The van der Waals surface area contributed by atoms with E-state index in [2.05, 4.69) is 52.4 Å². The number of hydrazone groups is 1. The molecule has 0 aliphatic rings. The van der Waals surface area contributed by atoms with E-state index in [-0.39, 0.29) is 5.75 Å². The van der Waals surface area contributed by atoms with Gasteiger partial charge in [-0.25, -0.2) is 4.98 Å². The highest BCUT2D eigenvalue weighted by Crippen LogP contribution is 2.28. The second-order valence-electron chi connectivity index (χ2n) is 6.32. The van der Waals surface area contributed by atoms with Crippen LogP contribution in [0.3, 0.4) is 0 Å². The summed E-state index contributed by atoms with van der Waals surface area (Å²) in [6, 6.07) is 20.2. The predicted octanol–water partition coefficient (Wildman–Crippen LogP) is 5.84. The number of thiazole rings is 1. The molecule has 0 fully saturated rings. The lowest BCUT2D eigenvalue weighted by Crippen LogP contribution is -1.93. The van der Waals surface area contributed by atoms with Crippen LogP contribution in [-0.2, 0) is 6.42 Å². The Balaban J connectivity index is 1.50. The molecule has 2 N–H and O–H groups in total. The fourth-order valence-electron chi connectivity index (χ4n) is 3.00. The molecule has 0 unspecified atom stereocenters. The van der Waals surface area contributed by atoms with E-state index in [0.717, 1.165) is 16.8 Å². The minimum absolute atomic E-state index is 0.226. The zero-order valence-corrected chi connectivity index (χ0v) is 16.0. The lowest BCUT2D eigenvalue weighted by atomic mass is 10.1. The van der Waals surface area contributed by atoms with Gasteiger partial charge in [0.1, 0.15) is 5.75 Å². The fourth-order valence-corrected chi connectivity index (χ4v) is 3.67. The number of aromatic nitrogens is 1. The molecule has 3 aromatic carbocycles. The highest BCUT2D eigenvalue weighted by Gasteiger charge is 2.06. The summed E-state index contributed by atoms with van der Waals surface area (Å²) < 4.78 is 0. The molecule has 1 aromatic heterocycles. The van der Waals surface area contributed by atoms with Gasteiger partial charge in [0, 0.05) is 16.5 Å². The molecule has 1 heterocycles. The van der Waals surface area contributed by atoms with Crippen molar-refractivity contribution in [3.63, 3.8) is 0 Å². The van der Waals surface area contributed by atoms with E-state index in [1.165, 1.54) is 22.1 Å². The van der Waals surface area contributed by atoms with Crippen LogP contribution in [0.4, 0.5) is 5.13 Å². The van der Waals surface area contributed by atoms with E-state index >= 15 is 0 Å². The van der Waals surface area contributed by atoms with E-state index in [1.807, 2.05) is 35.7 Å². The Morgan fingerprint density at radius 3 is 2.79 bits per heavy atom. The first-order valence-corrected chi connectivity index (χ1v) is 9.78. The van der Waals surface area contributed by atoms with Crippen molar-refractivity contribution in [2.24, 2.45) is 5.10 Å². The molecule has 0 saturated carbocycles. The second-order valence-corrected chi connectivity index (χ2v) is 7.18. The molecule has 0 bridgehead atoms. The first kappa shape index (κ1) is 17.9. The van der Waals surface area contributed by atoms with E-state index < -0.39 is 0 Å². The SMILES string of the molecule is C=CCc1cccc(/C=N/Nc2nc(-c3ccc4ccccc4c3)cs2)c1O. The molecule has 0 spiro atoms. The van der Waals surface area contributed by atoms with Crippen molar-refractivity contribution in [3.05, 3.63) is 89.8 Å². The number of phenols is 1. The van der Waals surface area contributed by atoms with Gasteiger partial charge in [0.05, 0.1) is 11.9 Å². The normalized spacial score (nSPS) is 11.1. The number of phenolic OH excluding ortho intramolecular Hbond substituents is 1. The molecule has 28 heavy (non-hydrogen) atoms. The highest BCUT2D eigenvalue weighted by molar-refractivity contribution is 7.14. The van der Waals surface area contributed by atoms with Crippen molar-refractivity contribution in [1.82, 2.24) is 4.98 Å². The molecule has 4 nitrogen and oxygen atoms in total. The lowest BCUT2D eigenvalue weighted by molar-refractivity contribution is 0.469. The van der Waals surface area contributed by atoms with Gasteiger partial charge in [-0.2, -0.15) is 5.10 Å². The van der Waals surface area contributed by atoms with Gasteiger partial charge < -0.3 is 5.11 Å². The van der Waals surface area contributed by atoms with Gasteiger partial charge in [-0.15, -0.1) is 17.9 Å². The summed E-state index contributed by atoms with van der Waals surface area (Å²) in [4.78, 5) is 4.61. The van der Waals surface area contributed by atoms with Crippen molar-refractivity contribution in [3.8, 4) is 17.0 Å². The average Bonchev–Trinajstić information content (AvgIpc) is 3.19. The van der Waals surface area contributed by atoms with Gasteiger partial charge in [0.2, 0.25) is 5.13 Å². The number of benzene rings is 3. The number of allylic oxidation sites excluding steroid dienone is 1. The average molecular weight is 385 g/mol. The van der Waals surface area contributed by atoms with E-state index in [9.17, 15) is 5.11 Å². The minimum Gasteiger partial charge on any atom is -0.507 e. The molecule has 0 aliphatic heterocycles. The molecule has 4 rings (SSSR count). The van der Waals surface area contributed by atoms with Crippen LogP contribution in [-0.4, -0.2) is 16.3 Å². The Morgan fingerprint density at radius 2 is 1.93 bits per heavy atom. The van der Waals surface area contributed by atoms with Gasteiger partial charge in [-0.3, -0.25) is 5.43 Å². The number of fused-ring (bicyclic) bond motifs is 1. The van der Waals surface area contributed by atoms with Gasteiger partial charge in [0.25, 0.3) is 0 Å². The van der Waals surface area contributed by atoms with Crippen molar-refractivity contribution >= 4 is 33.5 Å². The summed E-state index contributed by atoms with van der Waals surface area (Å²) in [6.45, 7) is 3.71. The standard InChI is InChI=1S/C23H19N3OS/c1-2-6-17-9-5-10-20(22(17)27)14-24-26-23-25-21(15-28-23)19-12-11-16-7-3-4-8-18(16)13-19/h2-5,7-15,27H,1,6H2,(H,25,26)/b24-14+. The summed E-state index contributed by atoms with van der Waals surface area (Å²) in [5, 5.41) is 19.6. The first-order valence-electron chi connectivity index (χ1n) is 8.90. The maximum atomic E-state index is 10.3. The predicted molar refractivity (Wildman–Crippen MR) is 118 cm³/mol. The molecule has 138 valence electrons. The number of para-hydroxylation sites is 1. The molecule has 0 aliphatic carbocycles. The molecule has 0 saturated heterocycles. The number of nitrogens with zero attached hydrogens (tertiary/aromatic N) is 2. The summed E-state index contributed by atoms with van der Waals surface area (Å²) in [6.07, 6.45) is 3.97. The van der Waals surface area contributed by atoms with Crippen LogP contribution in [0.15, 0.2) is 83.8 Å². The van der Waals surface area contributed by atoms with Gasteiger partial charge >= 0.3 is 0 Å². The third-order valence-corrected chi connectivity index (χ3v) is 5.18. The Hall–Kier alpha value is -3.44. The first-order chi connectivity index (χ1) is 13.7. The molecule has 0 radical (unpaired) electrons. The topological polar surface area (TPSA) is 57.5 Å². The Morgan fingerprint density at radius 1 is 1.07 bits per heavy atom. The molecule has 0 atom stereocenters. The summed E-state index contributed by atoms with van der Waals surface area (Å²) in [7, 11) is 0. The van der Waals surface area contributed by atoms with Crippen LogP contribution in [0.25, 0.3) is 22.0 Å². The van der Waals surface area contributed by atoms with E-state index in [4.69, 9.17) is 0 Å². The Bertz CT molecular complexity index is 1160. The van der Waals surface area contributed by atoms with Gasteiger partial charge in [0.15, 0.2) is 0 Å². The smallest absolute Gasteiger partial charge is 0.203 e. The summed E-state index contributed by atoms with van der Waals surface area (Å²) in [5.74, 6) is 0.226. The van der Waals surface area contributed by atoms with Crippen molar-refractivity contribution < 1.29 is 5.11 Å². The third kappa shape index (κ3) is 3.80. The largest absolute Gasteiger partial charge is 0.507 e. The van der Waals surface area contributed by atoms with Crippen LogP contribution in [0.2, 0.25) is 0 Å². The molecular formula is C23H19N3OS. The minimum atomic E-state index is 0.226. The second kappa shape index (κ2) is 8.06. The van der Waals surface area contributed by atoms with Crippen molar-refractivity contribution in [1.29, 1.82) is 0 Å². The molecular weight excluding hydrogens is 366 g/mol. The van der Waals surface area contributed by atoms with Crippen LogP contribution < -0.4 is 5.43 Å². The van der Waals surface area contributed by atoms with Crippen LogP contribution in [0.5, 0.6) is 5.75 Å². The zero-order valence-electron chi connectivity index (χ0n) is 15.2. The van der Waals surface area contributed by atoms with Crippen molar-refractivity contribution in [2.45, 2.75) is 6.42 Å². The Kier molecular flexibility index (Phi) is 5.17. The highest BCUT2D eigenvalue weighted by atomic mass is 32.1. The quantitative estimate of drug-likeness (QED) is 0.249. The molecule has 4 aromatic rings. The van der Waals surface area contributed by atoms with Crippen LogP contribution in [0.1, 0.15) is 11.1 Å². The zero-order chi connectivity index (χ0) is 19.3. The maximum absolute atomic E-state index is 10.3. The number of anilines is 1. The van der Waals surface area contributed by atoms with Gasteiger partial charge in [-0.1, -0.05) is 54.6 Å².